The van der Waals surface area contributed by atoms with Gasteiger partial charge >= 0.3 is 0 Å². The van der Waals surface area contributed by atoms with Crippen molar-refractivity contribution in [1.82, 2.24) is 25.2 Å². The summed E-state index contributed by atoms with van der Waals surface area (Å²) in [6.45, 7) is 0.595. The molecule has 1 N–H and O–H groups in total. The highest BCUT2D eigenvalue weighted by Gasteiger charge is 2.09. The van der Waals surface area contributed by atoms with E-state index in [1.807, 2.05) is 0 Å². The molecule has 8 nitrogen and oxygen atoms in total. The first-order valence-electron chi connectivity index (χ1n) is 5.71. The summed E-state index contributed by atoms with van der Waals surface area (Å²) in [7, 11) is 3.33. The number of amides is 1. The summed E-state index contributed by atoms with van der Waals surface area (Å²) >= 11 is 0. The van der Waals surface area contributed by atoms with Crippen molar-refractivity contribution in [3.63, 3.8) is 0 Å². The molecule has 0 aliphatic rings. The number of hydrogen-bond donors (Lipinski definition) is 1. The zero-order valence-electron chi connectivity index (χ0n) is 10.7. The lowest BCUT2D eigenvalue weighted by molar-refractivity contribution is 0.0821. The number of rotatable bonds is 5. The lowest BCUT2D eigenvalue weighted by atomic mass is 10.3. The van der Waals surface area contributed by atoms with Crippen molar-refractivity contribution in [3.05, 3.63) is 30.0 Å². The monoisotopic (exact) mass is 262 g/mol. The third-order valence-electron chi connectivity index (χ3n) is 2.34. The lowest BCUT2D eigenvalue weighted by Gasteiger charge is -2.09. The van der Waals surface area contributed by atoms with Crippen molar-refractivity contribution in [2.75, 3.05) is 26.0 Å². The van der Waals surface area contributed by atoms with Gasteiger partial charge in [0, 0.05) is 27.1 Å². The fourth-order valence-electron chi connectivity index (χ4n) is 1.37. The summed E-state index contributed by atoms with van der Waals surface area (Å²) in [6.07, 6.45) is 1.96. The number of carbonyl (C=O) groups excluding carboxylic acids is 1. The number of aromatic nitrogens is 4. The molecule has 2 heterocycles. The van der Waals surface area contributed by atoms with Crippen LogP contribution in [0.15, 0.2) is 23.0 Å². The SMILES string of the molecule is CN(C)C(=O)c1ccc(NCCc2ncno2)nn1. The van der Waals surface area contributed by atoms with Crippen molar-refractivity contribution in [1.29, 1.82) is 0 Å². The van der Waals surface area contributed by atoms with E-state index in [0.717, 1.165) is 0 Å². The third kappa shape index (κ3) is 3.47. The van der Waals surface area contributed by atoms with Gasteiger partial charge in [0.05, 0.1) is 0 Å². The minimum atomic E-state index is -0.176. The Labute approximate surface area is 109 Å². The van der Waals surface area contributed by atoms with Crippen molar-refractivity contribution in [2.45, 2.75) is 6.42 Å². The zero-order valence-corrected chi connectivity index (χ0v) is 10.7. The maximum Gasteiger partial charge on any atom is 0.273 e. The zero-order chi connectivity index (χ0) is 13.7. The first-order valence-corrected chi connectivity index (χ1v) is 5.71. The van der Waals surface area contributed by atoms with Gasteiger partial charge in [0.1, 0.15) is 5.82 Å². The van der Waals surface area contributed by atoms with Crippen LogP contribution in [0.3, 0.4) is 0 Å². The Morgan fingerprint density at radius 3 is 2.79 bits per heavy atom. The second-order valence-electron chi connectivity index (χ2n) is 4.02. The van der Waals surface area contributed by atoms with Gasteiger partial charge in [0.2, 0.25) is 5.89 Å². The van der Waals surface area contributed by atoms with Crippen LogP contribution in [-0.4, -0.2) is 51.8 Å². The maximum atomic E-state index is 11.6. The van der Waals surface area contributed by atoms with Crippen molar-refractivity contribution in [2.24, 2.45) is 0 Å². The summed E-state index contributed by atoms with van der Waals surface area (Å²) in [4.78, 5) is 17.0. The fourth-order valence-corrected chi connectivity index (χ4v) is 1.37. The van der Waals surface area contributed by atoms with E-state index in [2.05, 4.69) is 25.7 Å². The molecule has 2 rings (SSSR count). The van der Waals surface area contributed by atoms with E-state index in [-0.39, 0.29) is 5.91 Å². The summed E-state index contributed by atoms with van der Waals surface area (Å²) in [6, 6.07) is 3.34. The van der Waals surface area contributed by atoms with Gasteiger partial charge in [-0.1, -0.05) is 5.16 Å². The van der Waals surface area contributed by atoms with Gasteiger partial charge in [-0.3, -0.25) is 4.79 Å². The van der Waals surface area contributed by atoms with Crippen LogP contribution >= 0.6 is 0 Å². The highest BCUT2D eigenvalue weighted by molar-refractivity contribution is 5.91. The summed E-state index contributed by atoms with van der Waals surface area (Å²) < 4.78 is 4.86. The van der Waals surface area contributed by atoms with Crippen LogP contribution in [0, 0.1) is 0 Å². The first kappa shape index (κ1) is 12.9. The second-order valence-corrected chi connectivity index (χ2v) is 4.02. The second kappa shape index (κ2) is 5.89. The standard InChI is InChI=1S/C11H14N6O2/c1-17(2)11(18)8-3-4-9(16-15-8)12-6-5-10-13-7-14-19-10/h3-4,7H,5-6H2,1-2H3,(H,12,16). The van der Waals surface area contributed by atoms with E-state index in [4.69, 9.17) is 4.52 Å². The maximum absolute atomic E-state index is 11.6. The van der Waals surface area contributed by atoms with E-state index >= 15 is 0 Å². The number of anilines is 1. The van der Waals surface area contributed by atoms with Crippen LogP contribution in [0.5, 0.6) is 0 Å². The van der Waals surface area contributed by atoms with Gasteiger partial charge in [0.25, 0.3) is 5.91 Å². The molecule has 0 bridgehead atoms. The molecule has 0 aliphatic heterocycles. The molecule has 2 aromatic heterocycles. The molecule has 1 amide bonds. The topological polar surface area (TPSA) is 97.0 Å². The van der Waals surface area contributed by atoms with E-state index in [1.165, 1.54) is 11.2 Å². The van der Waals surface area contributed by atoms with Gasteiger partial charge in [-0.25, -0.2) is 0 Å². The minimum Gasteiger partial charge on any atom is -0.368 e. The van der Waals surface area contributed by atoms with Crippen LogP contribution in [0.25, 0.3) is 0 Å². The predicted octanol–water partition coefficient (Wildman–Crippen LogP) is 0.216. The Kier molecular flexibility index (Phi) is 4.01. The van der Waals surface area contributed by atoms with Gasteiger partial charge in [-0.2, -0.15) is 4.98 Å². The molecule has 0 radical (unpaired) electrons. The average molecular weight is 262 g/mol. The van der Waals surface area contributed by atoms with Crippen LogP contribution < -0.4 is 5.32 Å². The summed E-state index contributed by atoms with van der Waals surface area (Å²) in [5.74, 6) is 0.972. The molecule has 0 aliphatic carbocycles. The quantitative estimate of drug-likeness (QED) is 0.822. The molecule has 2 aromatic rings. The van der Waals surface area contributed by atoms with E-state index in [9.17, 15) is 4.79 Å². The summed E-state index contributed by atoms with van der Waals surface area (Å²) in [5.41, 5.74) is 0.312. The number of hydrogen-bond acceptors (Lipinski definition) is 7. The van der Waals surface area contributed by atoms with Crippen LogP contribution in [0.1, 0.15) is 16.4 Å². The lowest BCUT2D eigenvalue weighted by Crippen LogP contribution is -2.23. The Morgan fingerprint density at radius 1 is 1.37 bits per heavy atom. The van der Waals surface area contributed by atoms with Crippen molar-refractivity contribution in [3.8, 4) is 0 Å². The van der Waals surface area contributed by atoms with Gasteiger partial charge < -0.3 is 14.7 Å². The summed E-state index contributed by atoms with van der Waals surface area (Å²) in [5, 5.41) is 14.3. The highest BCUT2D eigenvalue weighted by Crippen LogP contribution is 2.04. The molecule has 0 saturated heterocycles. The van der Waals surface area contributed by atoms with Crippen molar-refractivity contribution >= 4 is 11.7 Å². The normalized spacial score (nSPS) is 10.2. The molecule has 0 unspecified atom stereocenters. The number of nitrogens with zero attached hydrogens (tertiary/aromatic N) is 5. The Hall–Kier alpha value is -2.51. The average Bonchev–Trinajstić information content (AvgIpc) is 2.92. The van der Waals surface area contributed by atoms with Crippen molar-refractivity contribution < 1.29 is 9.32 Å². The molecule has 0 atom stereocenters. The van der Waals surface area contributed by atoms with E-state index in [1.54, 1.807) is 26.2 Å². The molecule has 0 aromatic carbocycles. The molecular weight excluding hydrogens is 248 g/mol. The van der Waals surface area contributed by atoms with Crippen LogP contribution in [0.4, 0.5) is 5.82 Å². The minimum absolute atomic E-state index is 0.176. The molecule has 0 fully saturated rings. The third-order valence-corrected chi connectivity index (χ3v) is 2.34. The Bertz CT molecular complexity index is 523. The number of carbonyl (C=O) groups is 1. The van der Waals surface area contributed by atoms with Gasteiger partial charge in [-0.05, 0) is 12.1 Å². The van der Waals surface area contributed by atoms with Gasteiger partial charge in [-0.15, -0.1) is 10.2 Å². The van der Waals surface area contributed by atoms with Crippen LogP contribution in [-0.2, 0) is 6.42 Å². The largest absolute Gasteiger partial charge is 0.368 e. The molecule has 0 saturated carbocycles. The fraction of sp³-hybridized carbons (Fsp3) is 0.364. The van der Waals surface area contributed by atoms with E-state index < -0.39 is 0 Å². The molecule has 0 spiro atoms. The Morgan fingerprint density at radius 2 is 2.21 bits per heavy atom. The molecule has 100 valence electrons. The highest BCUT2D eigenvalue weighted by atomic mass is 16.5. The van der Waals surface area contributed by atoms with Crippen LogP contribution in [0.2, 0.25) is 0 Å². The van der Waals surface area contributed by atoms with Gasteiger partial charge in [0.15, 0.2) is 12.0 Å². The molecule has 8 heteroatoms. The molecular formula is C11H14N6O2. The first-order chi connectivity index (χ1) is 9.16. The number of nitrogens with one attached hydrogen (secondary N) is 1. The smallest absolute Gasteiger partial charge is 0.273 e. The van der Waals surface area contributed by atoms with E-state index in [0.29, 0.717) is 30.4 Å². The molecule has 19 heavy (non-hydrogen) atoms. The predicted molar refractivity (Wildman–Crippen MR) is 66.5 cm³/mol. The Balaban J connectivity index is 1.86.